The van der Waals surface area contributed by atoms with Crippen LogP contribution in [-0.4, -0.2) is 67.2 Å². The molecule has 0 spiro atoms. The molecule has 1 heterocycles. The summed E-state index contributed by atoms with van der Waals surface area (Å²) in [7, 11) is 0. The van der Waals surface area contributed by atoms with E-state index in [0.29, 0.717) is 0 Å². The molecule has 154 valence electrons. The van der Waals surface area contributed by atoms with Gasteiger partial charge in [-0.25, -0.2) is 0 Å². The lowest BCUT2D eigenvalue weighted by molar-refractivity contribution is -0.285. The van der Waals surface area contributed by atoms with E-state index in [1.807, 2.05) is 0 Å². The third kappa shape index (κ3) is 7.51. The second-order valence-electron chi connectivity index (χ2n) is 6.40. The summed E-state index contributed by atoms with van der Waals surface area (Å²) >= 11 is 0. The van der Waals surface area contributed by atoms with E-state index in [-0.39, 0.29) is 12.7 Å². The van der Waals surface area contributed by atoms with Crippen LogP contribution in [0.1, 0.15) is 41.5 Å². The Kier molecular flexibility index (Phi) is 8.64. The minimum atomic E-state index is -1.12. The lowest BCUT2D eigenvalue weighted by Crippen LogP contribution is -2.66. The summed E-state index contributed by atoms with van der Waals surface area (Å²) in [5, 5.41) is 2.62. The van der Waals surface area contributed by atoms with Gasteiger partial charge in [0.15, 0.2) is 18.5 Å². The Balaban J connectivity index is 3.27. The average molecular weight is 389 g/mol. The first-order chi connectivity index (χ1) is 12.5. The summed E-state index contributed by atoms with van der Waals surface area (Å²) in [6, 6.07) is -0.938. The number of amides is 1. The highest BCUT2D eigenvalue weighted by Crippen LogP contribution is 2.28. The van der Waals surface area contributed by atoms with E-state index in [1.165, 1.54) is 27.7 Å². The van der Waals surface area contributed by atoms with E-state index in [2.05, 4.69) is 5.32 Å². The topological polar surface area (TPSA) is 126 Å². The number of rotatable bonds is 7. The Morgan fingerprint density at radius 2 is 1.48 bits per heavy atom. The first-order valence-corrected chi connectivity index (χ1v) is 8.57. The fraction of sp³-hybridized carbons (Fsp3) is 0.765. The van der Waals surface area contributed by atoms with Gasteiger partial charge in [-0.2, -0.15) is 0 Å². The van der Waals surface area contributed by atoms with Crippen molar-refractivity contribution in [2.24, 2.45) is 0 Å². The molecule has 0 aromatic carbocycles. The molecule has 5 atom stereocenters. The summed E-state index contributed by atoms with van der Waals surface area (Å²) in [6.45, 7) is 8.12. The van der Waals surface area contributed by atoms with E-state index in [4.69, 9.17) is 23.7 Å². The number of hydrogen-bond donors (Lipinski definition) is 1. The van der Waals surface area contributed by atoms with Gasteiger partial charge in [-0.05, 0) is 13.8 Å². The Labute approximate surface area is 157 Å². The number of nitrogens with one attached hydrogen (secondary N) is 1. The third-order valence-corrected chi connectivity index (χ3v) is 3.48. The predicted octanol–water partition coefficient (Wildman–Crippen LogP) is 0.0675. The molecule has 0 saturated carbocycles. The first-order valence-electron chi connectivity index (χ1n) is 8.57. The summed E-state index contributed by atoms with van der Waals surface area (Å²) < 4.78 is 27.1. The second-order valence-corrected chi connectivity index (χ2v) is 6.40. The smallest absolute Gasteiger partial charge is 0.303 e. The maximum Gasteiger partial charge on any atom is 0.303 e. The zero-order valence-corrected chi connectivity index (χ0v) is 16.3. The minimum Gasteiger partial charge on any atom is -0.463 e. The SMILES string of the molecule is CC(=O)N[C@@H]1[C@H](OC(C)C)O[C@H](COC(C)=O)[C@@H](OC(C)=O)[C@@H]1OC(C)=O. The molecule has 0 aromatic heterocycles. The van der Waals surface area contributed by atoms with Gasteiger partial charge in [0.2, 0.25) is 5.91 Å². The van der Waals surface area contributed by atoms with E-state index >= 15 is 0 Å². The Morgan fingerprint density at radius 3 is 1.93 bits per heavy atom. The molecule has 1 rings (SSSR count). The van der Waals surface area contributed by atoms with Gasteiger partial charge < -0.3 is 29.0 Å². The second kappa shape index (κ2) is 10.2. The average Bonchev–Trinajstić information content (AvgIpc) is 2.49. The zero-order chi connectivity index (χ0) is 20.7. The lowest BCUT2D eigenvalue weighted by atomic mass is 9.96. The molecule has 1 fully saturated rings. The van der Waals surface area contributed by atoms with Gasteiger partial charge in [0.1, 0.15) is 18.8 Å². The molecule has 0 radical (unpaired) electrons. The molecule has 1 aliphatic heterocycles. The molecule has 0 aliphatic carbocycles. The van der Waals surface area contributed by atoms with Crippen molar-refractivity contribution >= 4 is 23.8 Å². The lowest BCUT2D eigenvalue weighted by Gasteiger charge is -2.45. The van der Waals surface area contributed by atoms with Crippen LogP contribution in [0.4, 0.5) is 0 Å². The Hall–Kier alpha value is -2.20. The van der Waals surface area contributed by atoms with Crippen molar-refractivity contribution in [1.82, 2.24) is 5.32 Å². The Bertz CT molecular complexity index is 563. The zero-order valence-electron chi connectivity index (χ0n) is 16.3. The third-order valence-electron chi connectivity index (χ3n) is 3.48. The van der Waals surface area contributed by atoms with Crippen LogP contribution in [0.2, 0.25) is 0 Å². The van der Waals surface area contributed by atoms with Gasteiger partial charge in [-0.1, -0.05) is 0 Å². The predicted molar refractivity (Wildman–Crippen MR) is 90.2 cm³/mol. The van der Waals surface area contributed by atoms with Crippen molar-refractivity contribution in [2.75, 3.05) is 6.61 Å². The van der Waals surface area contributed by atoms with Crippen molar-refractivity contribution in [3.8, 4) is 0 Å². The summed E-state index contributed by atoms with van der Waals surface area (Å²) in [5.41, 5.74) is 0. The normalized spacial score (nSPS) is 27.6. The van der Waals surface area contributed by atoms with E-state index in [1.54, 1.807) is 13.8 Å². The summed E-state index contributed by atoms with van der Waals surface area (Å²) in [6.07, 6.45) is -4.49. The summed E-state index contributed by atoms with van der Waals surface area (Å²) in [5.74, 6) is -2.28. The first kappa shape index (κ1) is 22.8. The largest absolute Gasteiger partial charge is 0.463 e. The number of carbonyl (C=O) groups is 4. The van der Waals surface area contributed by atoms with Crippen molar-refractivity contribution in [3.63, 3.8) is 0 Å². The molecule has 0 aromatic rings. The molecule has 10 nitrogen and oxygen atoms in total. The Morgan fingerprint density at radius 1 is 0.926 bits per heavy atom. The highest BCUT2D eigenvalue weighted by Gasteiger charge is 2.51. The molecule has 27 heavy (non-hydrogen) atoms. The van der Waals surface area contributed by atoms with Crippen LogP contribution in [0.25, 0.3) is 0 Å². The van der Waals surface area contributed by atoms with Crippen LogP contribution in [0.5, 0.6) is 0 Å². The summed E-state index contributed by atoms with van der Waals surface area (Å²) in [4.78, 5) is 46.0. The molecule has 1 saturated heterocycles. The van der Waals surface area contributed by atoms with Crippen LogP contribution in [0.15, 0.2) is 0 Å². The van der Waals surface area contributed by atoms with Gasteiger partial charge in [0.05, 0.1) is 6.10 Å². The maximum atomic E-state index is 11.7. The van der Waals surface area contributed by atoms with E-state index in [0.717, 1.165) is 0 Å². The van der Waals surface area contributed by atoms with E-state index in [9.17, 15) is 19.2 Å². The molecule has 1 aliphatic rings. The van der Waals surface area contributed by atoms with Crippen molar-refractivity contribution < 1.29 is 42.9 Å². The van der Waals surface area contributed by atoms with Gasteiger partial charge in [0, 0.05) is 27.7 Å². The molecule has 10 heteroatoms. The monoisotopic (exact) mass is 389 g/mol. The number of carbonyl (C=O) groups excluding carboxylic acids is 4. The fourth-order valence-electron chi connectivity index (χ4n) is 2.68. The molecule has 0 bridgehead atoms. The molecule has 1 amide bonds. The van der Waals surface area contributed by atoms with Gasteiger partial charge in [0.25, 0.3) is 0 Å². The van der Waals surface area contributed by atoms with Crippen molar-refractivity contribution in [1.29, 1.82) is 0 Å². The molecular formula is C17H27NO9. The van der Waals surface area contributed by atoms with Gasteiger partial charge in [-0.3, -0.25) is 19.2 Å². The standard InChI is InChI=1S/C17H27NO9/c1-8(2)24-17-14(18-9(3)19)16(26-12(6)22)15(25-11(5)21)13(27-17)7-23-10(4)20/h8,13-17H,7H2,1-6H3,(H,18,19)/t13-,14+,15-,16-,17-/m1/s1. The molecule has 0 unspecified atom stereocenters. The van der Waals surface area contributed by atoms with Gasteiger partial charge >= 0.3 is 17.9 Å². The van der Waals surface area contributed by atoms with Crippen molar-refractivity contribution in [2.45, 2.75) is 78.3 Å². The fourth-order valence-corrected chi connectivity index (χ4v) is 2.68. The number of esters is 3. The van der Waals surface area contributed by atoms with Crippen LogP contribution < -0.4 is 5.32 Å². The highest BCUT2D eigenvalue weighted by molar-refractivity contribution is 5.73. The van der Waals surface area contributed by atoms with Crippen LogP contribution in [0, 0.1) is 0 Å². The molecular weight excluding hydrogens is 362 g/mol. The maximum absolute atomic E-state index is 11.7. The van der Waals surface area contributed by atoms with Crippen LogP contribution in [0.3, 0.4) is 0 Å². The quantitative estimate of drug-likeness (QED) is 0.475. The van der Waals surface area contributed by atoms with Crippen LogP contribution in [-0.2, 0) is 42.9 Å². The number of hydrogen-bond acceptors (Lipinski definition) is 9. The highest BCUT2D eigenvalue weighted by atomic mass is 16.7. The minimum absolute atomic E-state index is 0.254. The van der Waals surface area contributed by atoms with Crippen molar-refractivity contribution in [3.05, 3.63) is 0 Å². The van der Waals surface area contributed by atoms with Crippen LogP contribution >= 0.6 is 0 Å². The number of ether oxygens (including phenoxy) is 5. The van der Waals surface area contributed by atoms with E-state index < -0.39 is 54.5 Å². The van der Waals surface area contributed by atoms with Gasteiger partial charge in [-0.15, -0.1) is 0 Å². The molecule has 1 N–H and O–H groups in total.